The van der Waals surface area contributed by atoms with E-state index in [-0.39, 0.29) is 18.4 Å². The zero-order valence-electron chi connectivity index (χ0n) is 14.3. The van der Waals surface area contributed by atoms with Crippen molar-refractivity contribution >= 4 is 40.3 Å². The molecule has 1 N–H and O–H groups in total. The Kier molecular flexibility index (Phi) is 6.61. The molecule has 1 saturated heterocycles. The molecular weight excluding hydrogens is 362 g/mol. The van der Waals surface area contributed by atoms with Gasteiger partial charge < -0.3 is 5.11 Å². The van der Waals surface area contributed by atoms with Gasteiger partial charge in [-0.05, 0) is 17.5 Å². The Balaban J connectivity index is 1.61. The summed E-state index contributed by atoms with van der Waals surface area (Å²) in [4.78, 5) is 14.4. The van der Waals surface area contributed by atoms with Crippen LogP contribution in [-0.4, -0.2) is 38.1 Å². The van der Waals surface area contributed by atoms with Gasteiger partial charge in [-0.1, -0.05) is 96.8 Å². The molecule has 1 aliphatic rings. The van der Waals surface area contributed by atoms with E-state index in [1.165, 1.54) is 17.3 Å². The summed E-state index contributed by atoms with van der Waals surface area (Å²) in [5.41, 5.74) is 2.18. The van der Waals surface area contributed by atoms with Crippen LogP contribution in [0.5, 0.6) is 0 Å². The number of carbonyl (C=O) groups excluding carboxylic acids is 1. The molecule has 2 aromatic carbocycles. The van der Waals surface area contributed by atoms with Crippen LogP contribution in [0.4, 0.5) is 0 Å². The molecule has 2 aromatic rings. The van der Waals surface area contributed by atoms with Crippen LogP contribution in [0.25, 0.3) is 6.08 Å². The Labute approximate surface area is 163 Å². The predicted molar refractivity (Wildman–Crippen MR) is 112 cm³/mol. The van der Waals surface area contributed by atoms with Crippen LogP contribution in [-0.2, 0) is 11.2 Å². The summed E-state index contributed by atoms with van der Waals surface area (Å²) in [7, 11) is 0. The van der Waals surface area contributed by atoms with Crippen molar-refractivity contribution in [2.24, 2.45) is 0 Å². The zero-order chi connectivity index (χ0) is 18.4. The average Bonchev–Trinajstić information content (AvgIpc) is 3.02. The van der Waals surface area contributed by atoms with Gasteiger partial charge >= 0.3 is 0 Å². The maximum absolute atomic E-state index is 12.7. The number of aliphatic hydroxyl groups is 1. The zero-order valence-corrected chi connectivity index (χ0v) is 16.0. The maximum atomic E-state index is 12.7. The summed E-state index contributed by atoms with van der Waals surface area (Å²) in [5.74, 6) is 0.682. The quantitative estimate of drug-likeness (QED) is 0.768. The van der Waals surface area contributed by atoms with Crippen molar-refractivity contribution in [2.45, 2.75) is 25.0 Å². The van der Waals surface area contributed by atoms with Crippen molar-refractivity contribution in [3.63, 3.8) is 0 Å². The first-order valence-electron chi connectivity index (χ1n) is 8.57. The molecule has 0 spiro atoms. The van der Waals surface area contributed by atoms with Crippen LogP contribution >= 0.6 is 24.0 Å². The van der Waals surface area contributed by atoms with Gasteiger partial charge in [-0.25, -0.2) is 0 Å². The summed E-state index contributed by atoms with van der Waals surface area (Å²) in [6.45, 7) is 0. The topological polar surface area (TPSA) is 40.5 Å². The maximum Gasteiger partial charge on any atom is 0.231 e. The number of rotatable bonds is 6. The van der Waals surface area contributed by atoms with Gasteiger partial charge in [0.1, 0.15) is 4.32 Å². The molecule has 0 bridgehead atoms. The number of carbonyl (C=O) groups is 1. The highest BCUT2D eigenvalue weighted by Gasteiger charge is 2.34. The van der Waals surface area contributed by atoms with Gasteiger partial charge in [0.05, 0.1) is 18.6 Å². The van der Waals surface area contributed by atoms with Crippen LogP contribution < -0.4 is 0 Å². The Morgan fingerprint density at radius 3 is 2.54 bits per heavy atom. The molecule has 5 heteroatoms. The Morgan fingerprint density at radius 2 is 1.85 bits per heavy atom. The molecule has 1 fully saturated rings. The second-order valence-corrected chi connectivity index (χ2v) is 7.88. The molecule has 3 rings (SSSR count). The van der Waals surface area contributed by atoms with E-state index in [0.29, 0.717) is 4.32 Å². The van der Waals surface area contributed by atoms with Crippen LogP contribution in [0.3, 0.4) is 0 Å². The first kappa shape index (κ1) is 18.8. The normalized spacial score (nSPS) is 18.4. The molecule has 0 unspecified atom stereocenters. The summed E-state index contributed by atoms with van der Waals surface area (Å²) < 4.78 is 0.607. The van der Waals surface area contributed by atoms with E-state index in [1.54, 1.807) is 11.0 Å². The van der Waals surface area contributed by atoms with E-state index in [9.17, 15) is 9.90 Å². The van der Waals surface area contributed by atoms with E-state index >= 15 is 0 Å². The lowest BCUT2D eigenvalue weighted by Crippen LogP contribution is -2.41. The van der Waals surface area contributed by atoms with E-state index in [0.717, 1.165) is 17.7 Å². The number of hydrogen-bond donors (Lipinski definition) is 1. The average molecular weight is 384 g/mol. The third kappa shape index (κ3) is 5.04. The summed E-state index contributed by atoms with van der Waals surface area (Å²) in [6.07, 6.45) is 3.47. The fourth-order valence-corrected chi connectivity index (χ4v) is 4.38. The number of thioether (sulfide) groups is 1. The molecule has 0 saturated carbocycles. The van der Waals surface area contributed by atoms with Gasteiger partial charge in [0, 0.05) is 5.75 Å². The molecule has 0 radical (unpaired) electrons. The fourth-order valence-electron chi connectivity index (χ4n) is 2.93. The Morgan fingerprint density at radius 1 is 1.19 bits per heavy atom. The molecule has 26 heavy (non-hydrogen) atoms. The molecule has 0 aromatic heterocycles. The molecule has 0 aliphatic carbocycles. The van der Waals surface area contributed by atoms with E-state index in [4.69, 9.17) is 12.2 Å². The van der Waals surface area contributed by atoms with E-state index < -0.39 is 6.10 Å². The number of aliphatic hydroxyl groups excluding tert-OH is 1. The van der Waals surface area contributed by atoms with Crippen molar-refractivity contribution in [1.82, 2.24) is 4.90 Å². The second-order valence-electron chi connectivity index (χ2n) is 6.23. The van der Waals surface area contributed by atoms with Gasteiger partial charge in [-0.15, -0.1) is 0 Å². The number of thiocarbonyl (C=S) groups is 1. The second kappa shape index (κ2) is 9.12. The standard InChI is InChI=1S/C21H21NO2S2/c23-19(12-11-16-7-3-1-4-8-16)14-20(24)22-18(15-26-21(22)25)13-17-9-5-2-6-10-17/h1-12,18-19,23H,13-15H2/b12-11+/t18-,19-/m1/s1. The number of amides is 1. The largest absolute Gasteiger partial charge is 0.388 e. The summed E-state index contributed by atoms with van der Waals surface area (Å²) >= 11 is 6.91. The molecule has 1 aliphatic heterocycles. The van der Waals surface area contributed by atoms with Gasteiger partial charge in [0.25, 0.3) is 0 Å². The molecule has 1 heterocycles. The van der Waals surface area contributed by atoms with Crippen molar-refractivity contribution < 1.29 is 9.90 Å². The molecule has 134 valence electrons. The predicted octanol–water partition coefficient (Wildman–Crippen LogP) is 3.92. The van der Waals surface area contributed by atoms with Crippen LogP contribution in [0.1, 0.15) is 17.5 Å². The third-order valence-electron chi connectivity index (χ3n) is 4.24. The number of benzene rings is 2. The van der Waals surface area contributed by atoms with Gasteiger partial charge in [0.2, 0.25) is 5.91 Å². The SMILES string of the molecule is O=C(C[C@H](O)/C=C/c1ccccc1)N1C(=S)SC[C@H]1Cc1ccccc1. The van der Waals surface area contributed by atoms with Crippen LogP contribution in [0.2, 0.25) is 0 Å². The molecule has 2 atom stereocenters. The Hall–Kier alpha value is -1.95. The fraction of sp³-hybridized carbons (Fsp3) is 0.238. The molecule has 3 nitrogen and oxygen atoms in total. The Bertz CT molecular complexity index is 777. The minimum atomic E-state index is -0.825. The van der Waals surface area contributed by atoms with Crippen molar-refractivity contribution in [2.75, 3.05) is 5.75 Å². The molecule has 1 amide bonds. The first-order valence-corrected chi connectivity index (χ1v) is 9.97. The smallest absolute Gasteiger partial charge is 0.231 e. The van der Waals surface area contributed by atoms with Gasteiger partial charge in [-0.2, -0.15) is 0 Å². The minimum Gasteiger partial charge on any atom is -0.388 e. The van der Waals surface area contributed by atoms with E-state index in [2.05, 4.69) is 12.1 Å². The molecular formula is C21H21NO2S2. The highest BCUT2D eigenvalue weighted by Crippen LogP contribution is 2.28. The van der Waals surface area contributed by atoms with Crippen molar-refractivity contribution in [3.05, 3.63) is 77.9 Å². The third-order valence-corrected chi connectivity index (χ3v) is 5.78. The lowest BCUT2D eigenvalue weighted by molar-refractivity contribution is -0.129. The van der Waals surface area contributed by atoms with Gasteiger partial charge in [-0.3, -0.25) is 9.69 Å². The highest BCUT2D eigenvalue weighted by atomic mass is 32.2. The minimum absolute atomic E-state index is 0.0370. The number of hydrogen-bond acceptors (Lipinski definition) is 4. The highest BCUT2D eigenvalue weighted by molar-refractivity contribution is 8.23. The van der Waals surface area contributed by atoms with Crippen molar-refractivity contribution in [1.29, 1.82) is 0 Å². The van der Waals surface area contributed by atoms with Crippen LogP contribution in [0, 0.1) is 0 Å². The first-order chi connectivity index (χ1) is 12.6. The lowest BCUT2D eigenvalue weighted by atomic mass is 10.1. The van der Waals surface area contributed by atoms with Crippen LogP contribution in [0.15, 0.2) is 66.7 Å². The summed E-state index contributed by atoms with van der Waals surface area (Å²) in [6, 6.07) is 19.9. The monoisotopic (exact) mass is 383 g/mol. The lowest BCUT2D eigenvalue weighted by Gasteiger charge is -2.24. The van der Waals surface area contributed by atoms with Crippen molar-refractivity contribution in [3.8, 4) is 0 Å². The van der Waals surface area contributed by atoms with E-state index in [1.807, 2.05) is 54.6 Å². The van der Waals surface area contributed by atoms with Gasteiger partial charge in [0.15, 0.2) is 0 Å². The number of nitrogens with zero attached hydrogens (tertiary/aromatic N) is 1. The summed E-state index contributed by atoms with van der Waals surface area (Å²) in [5, 5.41) is 10.2.